The fourth-order valence-corrected chi connectivity index (χ4v) is 5.19. The third kappa shape index (κ3) is 3.99. The van der Waals surface area contributed by atoms with Gasteiger partial charge in [-0.15, -0.1) is 0 Å². The summed E-state index contributed by atoms with van der Waals surface area (Å²) in [4.78, 5) is 4.81. The van der Waals surface area contributed by atoms with Gasteiger partial charge in [0, 0.05) is 22.5 Å². The molecule has 0 amide bonds. The maximum absolute atomic E-state index is 6.29. The molecule has 0 aliphatic heterocycles. The molecule has 0 fully saturated rings. The van der Waals surface area contributed by atoms with Gasteiger partial charge < -0.3 is 8.83 Å². The molecule has 3 aromatic heterocycles. The lowest BCUT2D eigenvalue weighted by atomic mass is 9.82. The summed E-state index contributed by atoms with van der Waals surface area (Å²) in [5.74, 6) is 2.07. The van der Waals surface area contributed by atoms with Crippen LogP contribution in [0.5, 0.6) is 0 Å². The molecule has 6 rings (SSSR count). The van der Waals surface area contributed by atoms with E-state index >= 15 is 0 Å². The Morgan fingerprint density at radius 2 is 1.53 bits per heavy atom. The fourth-order valence-electron chi connectivity index (χ4n) is 5.19. The molecule has 0 atom stereocenters. The second kappa shape index (κ2) is 8.37. The quantitative estimate of drug-likeness (QED) is 0.256. The molecule has 180 valence electrons. The number of hydrogen-bond acceptors (Lipinski definition) is 3. The van der Waals surface area contributed by atoms with Gasteiger partial charge in [0.25, 0.3) is 0 Å². The van der Waals surface area contributed by atoms with E-state index in [1.54, 1.807) is 0 Å². The maximum Gasteiger partial charge on any atom is 0.170 e. The Bertz CT molecular complexity index is 1730. The lowest BCUT2D eigenvalue weighted by Gasteiger charge is -2.22. The minimum absolute atomic E-state index is 0.00770. The van der Waals surface area contributed by atoms with Crippen LogP contribution in [0, 0.1) is 5.92 Å². The summed E-state index contributed by atoms with van der Waals surface area (Å²) in [5.41, 5.74) is 6.35. The lowest BCUT2D eigenvalue weighted by Crippen LogP contribution is -2.12. The highest BCUT2D eigenvalue weighted by molar-refractivity contribution is 5.98. The van der Waals surface area contributed by atoms with Crippen LogP contribution >= 0.6 is 0 Å². The Hall–Kier alpha value is -3.85. The van der Waals surface area contributed by atoms with Crippen molar-refractivity contribution in [2.45, 2.75) is 46.5 Å². The van der Waals surface area contributed by atoms with Crippen molar-refractivity contribution in [1.82, 2.24) is 4.98 Å². The van der Waals surface area contributed by atoms with E-state index in [1.807, 2.05) is 12.3 Å². The molecule has 0 radical (unpaired) electrons. The van der Waals surface area contributed by atoms with Crippen LogP contribution in [0.1, 0.15) is 45.7 Å². The van der Waals surface area contributed by atoms with Crippen LogP contribution in [0.3, 0.4) is 0 Å². The Labute approximate surface area is 211 Å². The Kier molecular flexibility index (Phi) is 5.26. The number of benzene rings is 3. The highest BCUT2D eigenvalue weighted by atomic mass is 16.4. The first-order chi connectivity index (χ1) is 17.3. The molecule has 36 heavy (non-hydrogen) atoms. The highest BCUT2D eigenvalue weighted by Gasteiger charge is 2.21. The van der Waals surface area contributed by atoms with E-state index in [9.17, 15) is 0 Å². The SMILES string of the molecule is CC(C)Cc1ccc2oc(-c3cc4c(-c5cc(C(C)(C)C)c6ccccc6c5)nccc4o3)cc2c1. The molecular weight excluding hydrogens is 442 g/mol. The molecule has 6 aromatic rings. The Morgan fingerprint density at radius 1 is 0.750 bits per heavy atom. The number of aromatic nitrogens is 1. The van der Waals surface area contributed by atoms with E-state index in [-0.39, 0.29) is 5.41 Å². The van der Waals surface area contributed by atoms with Gasteiger partial charge in [-0.25, -0.2) is 0 Å². The predicted molar refractivity (Wildman–Crippen MR) is 149 cm³/mol. The van der Waals surface area contributed by atoms with Gasteiger partial charge >= 0.3 is 0 Å². The molecule has 0 bridgehead atoms. The smallest absolute Gasteiger partial charge is 0.170 e. The molecule has 3 heteroatoms. The molecule has 3 heterocycles. The molecule has 0 unspecified atom stereocenters. The van der Waals surface area contributed by atoms with Crippen molar-refractivity contribution in [3.63, 3.8) is 0 Å². The summed E-state index contributed by atoms with van der Waals surface area (Å²) in [6.07, 6.45) is 2.88. The minimum atomic E-state index is 0.00770. The van der Waals surface area contributed by atoms with Gasteiger partial charge in [0.1, 0.15) is 11.2 Å². The highest BCUT2D eigenvalue weighted by Crippen LogP contribution is 2.39. The summed E-state index contributed by atoms with van der Waals surface area (Å²) < 4.78 is 12.5. The first-order valence-corrected chi connectivity index (χ1v) is 12.7. The summed E-state index contributed by atoms with van der Waals surface area (Å²) in [7, 11) is 0. The molecular formula is C33H31NO2. The predicted octanol–water partition coefficient (Wildman–Crippen LogP) is 9.56. The van der Waals surface area contributed by atoms with Gasteiger partial charge in [0.2, 0.25) is 0 Å². The number of furan rings is 2. The van der Waals surface area contributed by atoms with Crippen LogP contribution in [0.25, 0.3) is 55.5 Å². The third-order valence-electron chi connectivity index (χ3n) is 6.86. The van der Waals surface area contributed by atoms with Crippen LogP contribution in [0.2, 0.25) is 0 Å². The van der Waals surface area contributed by atoms with Gasteiger partial charge in [-0.1, -0.05) is 65.0 Å². The monoisotopic (exact) mass is 473 g/mol. The van der Waals surface area contributed by atoms with Gasteiger partial charge in [-0.3, -0.25) is 4.98 Å². The number of hydrogen-bond donors (Lipinski definition) is 0. The van der Waals surface area contributed by atoms with Crippen LogP contribution in [0.4, 0.5) is 0 Å². The molecule has 3 aromatic carbocycles. The molecule has 0 aliphatic rings. The largest absolute Gasteiger partial charge is 0.453 e. The zero-order chi connectivity index (χ0) is 25.0. The number of pyridine rings is 1. The van der Waals surface area contributed by atoms with Crippen LogP contribution in [0.15, 0.2) is 87.8 Å². The van der Waals surface area contributed by atoms with Crippen molar-refractivity contribution in [2.24, 2.45) is 5.92 Å². The van der Waals surface area contributed by atoms with E-state index < -0.39 is 0 Å². The average Bonchev–Trinajstić information content (AvgIpc) is 3.46. The van der Waals surface area contributed by atoms with Gasteiger partial charge in [-0.05, 0) is 82.1 Å². The summed E-state index contributed by atoms with van der Waals surface area (Å²) in [6, 6.07) is 25.6. The number of rotatable bonds is 4. The van der Waals surface area contributed by atoms with E-state index in [0.29, 0.717) is 5.92 Å². The summed E-state index contributed by atoms with van der Waals surface area (Å²) >= 11 is 0. The molecule has 0 aliphatic carbocycles. The van der Waals surface area contributed by atoms with Gasteiger partial charge in [0.05, 0.1) is 5.69 Å². The lowest BCUT2D eigenvalue weighted by molar-refractivity contribution is 0.569. The standard InChI is InChI=1S/C33H31NO2/c1-20(2)14-21-10-11-28-23(15-21)18-30(35-28)31-19-26-29(36-31)12-13-34-32(26)24-16-22-8-6-7-9-25(22)27(17-24)33(3,4)5/h6-13,15-20H,14H2,1-5H3. The normalized spacial score (nSPS) is 12.4. The molecule has 0 N–H and O–H groups in total. The van der Waals surface area contributed by atoms with E-state index in [4.69, 9.17) is 13.8 Å². The minimum Gasteiger partial charge on any atom is -0.453 e. The average molecular weight is 474 g/mol. The van der Waals surface area contributed by atoms with E-state index in [2.05, 4.69) is 101 Å². The molecule has 0 saturated carbocycles. The first kappa shape index (κ1) is 22.6. The van der Waals surface area contributed by atoms with Gasteiger partial charge in [-0.2, -0.15) is 0 Å². The molecule has 0 saturated heterocycles. The Balaban J connectivity index is 1.48. The fraction of sp³-hybridized carbons (Fsp3) is 0.242. The van der Waals surface area contributed by atoms with Crippen LogP contribution in [-0.2, 0) is 11.8 Å². The maximum atomic E-state index is 6.29. The zero-order valence-corrected chi connectivity index (χ0v) is 21.6. The van der Waals surface area contributed by atoms with Crippen molar-refractivity contribution in [3.05, 3.63) is 90.1 Å². The van der Waals surface area contributed by atoms with Crippen molar-refractivity contribution in [1.29, 1.82) is 0 Å². The third-order valence-corrected chi connectivity index (χ3v) is 6.86. The van der Waals surface area contributed by atoms with Crippen molar-refractivity contribution < 1.29 is 8.83 Å². The van der Waals surface area contributed by atoms with Crippen LogP contribution in [-0.4, -0.2) is 4.98 Å². The molecule has 0 spiro atoms. The van der Waals surface area contributed by atoms with E-state index in [0.717, 1.165) is 51.1 Å². The molecule has 3 nitrogen and oxygen atoms in total. The van der Waals surface area contributed by atoms with Crippen molar-refractivity contribution in [3.8, 4) is 22.8 Å². The van der Waals surface area contributed by atoms with Gasteiger partial charge in [0.15, 0.2) is 11.5 Å². The number of nitrogens with zero attached hydrogens (tertiary/aromatic N) is 1. The van der Waals surface area contributed by atoms with Crippen molar-refractivity contribution >= 4 is 32.7 Å². The summed E-state index contributed by atoms with van der Waals surface area (Å²) in [6.45, 7) is 11.3. The Morgan fingerprint density at radius 3 is 2.33 bits per heavy atom. The second-order valence-corrected chi connectivity index (χ2v) is 11.3. The second-order valence-electron chi connectivity index (χ2n) is 11.3. The number of fused-ring (bicyclic) bond motifs is 3. The van der Waals surface area contributed by atoms with Crippen molar-refractivity contribution in [2.75, 3.05) is 0 Å². The first-order valence-electron chi connectivity index (χ1n) is 12.7. The topological polar surface area (TPSA) is 39.2 Å². The van der Waals surface area contributed by atoms with Crippen LogP contribution < -0.4 is 0 Å². The zero-order valence-electron chi connectivity index (χ0n) is 21.6. The van der Waals surface area contributed by atoms with E-state index in [1.165, 1.54) is 21.9 Å². The summed E-state index contributed by atoms with van der Waals surface area (Å²) in [5, 5.41) is 4.60.